The molecule has 2 aromatic carbocycles. The first-order valence-electron chi connectivity index (χ1n) is 12.5. The van der Waals surface area contributed by atoms with E-state index in [0.29, 0.717) is 42.4 Å². The molecule has 3 heterocycles. The Kier molecular flexibility index (Phi) is 6.94. The van der Waals surface area contributed by atoms with Gasteiger partial charge in [-0.2, -0.15) is 0 Å². The van der Waals surface area contributed by atoms with Crippen LogP contribution in [0.4, 0.5) is 21.2 Å². The molecule has 1 aliphatic heterocycles. The summed E-state index contributed by atoms with van der Waals surface area (Å²) in [7, 11) is 0. The molecule has 0 atom stereocenters. The third-order valence-corrected chi connectivity index (χ3v) is 7.31. The second-order valence-electron chi connectivity index (χ2n) is 10.3. The molecule has 196 valence electrons. The second-order valence-corrected chi connectivity index (χ2v) is 11.3. The van der Waals surface area contributed by atoms with Crippen LogP contribution < -0.4 is 16.0 Å². The van der Waals surface area contributed by atoms with Crippen LogP contribution in [0.3, 0.4) is 0 Å². The molecule has 5 rings (SSSR count). The van der Waals surface area contributed by atoms with E-state index >= 15 is 0 Å². The minimum absolute atomic E-state index is 0.258. The Morgan fingerprint density at radius 1 is 1.00 bits per heavy atom. The summed E-state index contributed by atoms with van der Waals surface area (Å²) >= 11 is 1.44. The van der Waals surface area contributed by atoms with Crippen LogP contribution in [-0.2, 0) is 4.74 Å². The number of rotatable bonds is 4. The number of piperazine rings is 1. The van der Waals surface area contributed by atoms with Crippen molar-refractivity contribution >= 4 is 50.6 Å². The van der Waals surface area contributed by atoms with Gasteiger partial charge in [0.1, 0.15) is 10.6 Å². The number of carbonyl (C=O) groups excluding carboxylic acids is 2. The van der Waals surface area contributed by atoms with Crippen molar-refractivity contribution < 1.29 is 14.3 Å². The van der Waals surface area contributed by atoms with Gasteiger partial charge in [-0.05, 0) is 50.6 Å². The molecule has 0 spiro atoms. The standard InChI is InChI=1S/C29H31N5O3S/c1-29(2,3)37-28(36)34-13-11-33(12-14-34)22-10-9-20-15-21(18-31-23(20)16-22)27(35)32-24-17-25(38-26(24)30)19-7-5-4-6-8-19/h4-10,15-18H,11-14,30H2,1-3H3,(H,32,35). The molecular formula is C29H31N5O3S. The maximum Gasteiger partial charge on any atom is 0.410 e. The van der Waals surface area contributed by atoms with Crippen LogP contribution in [0.15, 0.2) is 66.9 Å². The Bertz CT molecular complexity index is 1470. The van der Waals surface area contributed by atoms with E-state index in [-0.39, 0.29) is 12.0 Å². The number of thiophene rings is 1. The van der Waals surface area contributed by atoms with Gasteiger partial charge in [-0.3, -0.25) is 9.78 Å². The van der Waals surface area contributed by atoms with Crippen LogP contribution in [0.2, 0.25) is 0 Å². The van der Waals surface area contributed by atoms with Crippen LogP contribution in [0.25, 0.3) is 21.3 Å². The van der Waals surface area contributed by atoms with Crippen molar-refractivity contribution in [2.45, 2.75) is 26.4 Å². The first-order valence-corrected chi connectivity index (χ1v) is 13.4. The van der Waals surface area contributed by atoms with Gasteiger partial charge in [0.15, 0.2) is 0 Å². The number of anilines is 3. The molecular weight excluding hydrogens is 498 g/mol. The SMILES string of the molecule is CC(C)(C)OC(=O)N1CCN(c2ccc3cc(C(=O)Nc4cc(-c5ccccc5)sc4N)cnc3c2)CC1. The lowest BCUT2D eigenvalue weighted by molar-refractivity contribution is 0.0240. The Balaban J connectivity index is 1.25. The Morgan fingerprint density at radius 3 is 2.45 bits per heavy atom. The molecule has 8 nitrogen and oxygen atoms in total. The molecule has 3 N–H and O–H groups in total. The van der Waals surface area contributed by atoms with Crippen LogP contribution in [0.1, 0.15) is 31.1 Å². The van der Waals surface area contributed by atoms with Gasteiger partial charge >= 0.3 is 6.09 Å². The van der Waals surface area contributed by atoms with E-state index in [0.717, 1.165) is 27.0 Å². The lowest BCUT2D eigenvalue weighted by atomic mass is 10.1. The monoisotopic (exact) mass is 529 g/mol. The fourth-order valence-electron chi connectivity index (χ4n) is 4.35. The Hall–Kier alpha value is -4.11. The van der Waals surface area contributed by atoms with E-state index in [1.807, 2.05) is 81.4 Å². The number of hydrogen-bond donors (Lipinski definition) is 2. The van der Waals surface area contributed by atoms with Crippen LogP contribution in [0, 0.1) is 0 Å². The molecule has 2 amide bonds. The van der Waals surface area contributed by atoms with Gasteiger partial charge in [-0.25, -0.2) is 4.79 Å². The summed E-state index contributed by atoms with van der Waals surface area (Å²) in [6.45, 7) is 8.22. The number of amides is 2. The number of carbonyl (C=O) groups is 2. The van der Waals surface area contributed by atoms with Gasteiger partial charge in [0.05, 0.1) is 16.8 Å². The van der Waals surface area contributed by atoms with E-state index in [1.165, 1.54) is 11.3 Å². The minimum Gasteiger partial charge on any atom is -0.444 e. The average molecular weight is 530 g/mol. The van der Waals surface area contributed by atoms with Crippen molar-refractivity contribution in [3.05, 3.63) is 72.4 Å². The van der Waals surface area contributed by atoms with Crippen LogP contribution in [-0.4, -0.2) is 53.7 Å². The van der Waals surface area contributed by atoms with E-state index in [9.17, 15) is 9.59 Å². The van der Waals surface area contributed by atoms with Gasteiger partial charge in [0.25, 0.3) is 5.91 Å². The number of nitrogens with two attached hydrogens (primary N) is 1. The summed E-state index contributed by atoms with van der Waals surface area (Å²) in [5, 5.41) is 4.36. The highest BCUT2D eigenvalue weighted by atomic mass is 32.1. The summed E-state index contributed by atoms with van der Waals surface area (Å²) in [5.41, 5.74) is 9.63. The van der Waals surface area contributed by atoms with E-state index in [4.69, 9.17) is 10.5 Å². The number of hydrogen-bond acceptors (Lipinski definition) is 7. The van der Waals surface area contributed by atoms with Gasteiger partial charge < -0.3 is 25.6 Å². The minimum atomic E-state index is -0.505. The molecule has 0 bridgehead atoms. The van der Waals surface area contributed by atoms with Gasteiger partial charge in [-0.15, -0.1) is 11.3 Å². The van der Waals surface area contributed by atoms with E-state index in [2.05, 4.69) is 15.2 Å². The molecule has 1 saturated heterocycles. The van der Waals surface area contributed by atoms with Gasteiger partial charge in [0.2, 0.25) is 0 Å². The lowest BCUT2D eigenvalue weighted by Gasteiger charge is -2.36. The third-order valence-electron chi connectivity index (χ3n) is 6.29. The van der Waals surface area contributed by atoms with Crippen LogP contribution in [0.5, 0.6) is 0 Å². The van der Waals surface area contributed by atoms with Crippen molar-refractivity contribution in [3.8, 4) is 10.4 Å². The summed E-state index contributed by atoms with van der Waals surface area (Å²) in [6, 6.07) is 19.7. The topological polar surface area (TPSA) is 101 Å². The highest BCUT2D eigenvalue weighted by Crippen LogP contribution is 2.37. The predicted octanol–water partition coefficient (Wildman–Crippen LogP) is 5.85. The average Bonchev–Trinajstić information content (AvgIpc) is 3.27. The van der Waals surface area contributed by atoms with E-state index in [1.54, 1.807) is 11.1 Å². The molecule has 0 unspecified atom stereocenters. The third kappa shape index (κ3) is 5.73. The molecule has 4 aromatic rings. The quantitative estimate of drug-likeness (QED) is 0.344. The maximum atomic E-state index is 13.0. The molecule has 0 aliphatic carbocycles. The van der Waals surface area contributed by atoms with E-state index < -0.39 is 5.60 Å². The number of nitrogens with zero attached hydrogens (tertiary/aromatic N) is 3. The molecule has 2 aromatic heterocycles. The number of fused-ring (bicyclic) bond motifs is 1. The summed E-state index contributed by atoms with van der Waals surface area (Å²) < 4.78 is 5.49. The van der Waals surface area contributed by atoms with Crippen molar-refractivity contribution in [2.75, 3.05) is 42.1 Å². The first kappa shape index (κ1) is 25.5. The summed E-state index contributed by atoms with van der Waals surface area (Å²) in [4.78, 5) is 34.9. The number of ether oxygens (including phenoxy) is 1. The number of nitrogen functional groups attached to an aromatic ring is 1. The zero-order valence-corrected chi connectivity index (χ0v) is 22.5. The molecule has 0 radical (unpaired) electrons. The molecule has 0 saturated carbocycles. The molecule has 1 aliphatic rings. The summed E-state index contributed by atoms with van der Waals surface area (Å²) in [5.74, 6) is -0.258. The maximum absolute atomic E-state index is 13.0. The Morgan fingerprint density at radius 2 is 1.74 bits per heavy atom. The number of benzene rings is 2. The Labute approximate surface area is 226 Å². The summed E-state index contributed by atoms with van der Waals surface area (Å²) in [6.07, 6.45) is 1.31. The molecule has 1 fully saturated rings. The molecule has 38 heavy (non-hydrogen) atoms. The van der Waals surface area contributed by atoms with Gasteiger partial charge in [-0.1, -0.05) is 36.4 Å². The fourth-order valence-corrected chi connectivity index (χ4v) is 5.23. The normalized spacial score (nSPS) is 14.0. The highest BCUT2D eigenvalue weighted by molar-refractivity contribution is 7.20. The smallest absolute Gasteiger partial charge is 0.410 e. The van der Waals surface area contributed by atoms with Crippen molar-refractivity contribution in [1.82, 2.24) is 9.88 Å². The predicted molar refractivity (Wildman–Crippen MR) is 154 cm³/mol. The number of nitrogens with one attached hydrogen (secondary N) is 1. The van der Waals surface area contributed by atoms with Crippen molar-refractivity contribution in [1.29, 1.82) is 0 Å². The number of aromatic nitrogens is 1. The second kappa shape index (κ2) is 10.3. The van der Waals surface area contributed by atoms with Crippen molar-refractivity contribution in [2.24, 2.45) is 0 Å². The largest absolute Gasteiger partial charge is 0.444 e. The van der Waals surface area contributed by atoms with Gasteiger partial charge in [0, 0.05) is 48.3 Å². The zero-order chi connectivity index (χ0) is 26.9. The number of pyridine rings is 1. The lowest BCUT2D eigenvalue weighted by Crippen LogP contribution is -2.50. The van der Waals surface area contributed by atoms with Crippen LogP contribution >= 0.6 is 11.3 Å². The highest BCUT2D eigenvalue weighted by Gasteiger charge is 2.26. The zero-order valence-electron chi connectivity index (χ0n) is 21.7. The first-order chi connectivity index (χ1) is 18.2. The fraction of sp³-hybridized carbons (Fsp3) is 0.276. The molecule has 9 heteroatoms. The van der Waals surface area contributed by atoms with Crippen molar-refractivity contribution in [3.63, 3.8) is 0 Å².